The van der Waals surface area contributed by atoms with Gasteiger partial charge in [0.25, 0.3) is 0 Å². The smallest absolute Gasteiger partial charge is 0.148 e. The molecular formula is C8H14ClNO. The van der Waals surface area contributed by atoms with E-state index in [0.29, 0.717) is 0 Å². The second kappa shape index (κ2) is 3.96. The van der Waals surface area contributed by atoms with Crippen molar-refractivity contribution in [1.29, 1.82) is 0 Å². The summed E-state index contributed by atoms with van der Waals surface area (Å²) >= 11 is 5.85. The molecule has 2 nitrogen and oxygen atoms in total. The number of rotatable bonds is 3. The Morgan fingerprint density at radius 2 is 2.55 bits per heavy atom. The van der Waals surface area contributed by atoms with Crippen molar-refractivity contribution < 1.29 is 4.84 Å². The number of halogens is 1. The van der Waals surface area contributed by atoms with E-state index < -0.39 is 0 Å². The second-order valence-electron chi connectivity index (χ2n) is 2.93. The van der Waals surface area contributed by atoms with E-state index >= 15 is 0 Å². The van der Waals surface area contributed by atoms with Gasteiger partial charge in [0, 0.05) is 6.42 Å². The predicted octanol–water partition coefficient (Wildman–Crippen LogP) is 2.56. The molecule has 1 rings (SSSR count). The minimum absolute atomic E-state index is 0.0631. The molecule has 0 aliphatic carbocycles. The topological polar surface area (TPSA) is 21.6 Å². The van der Waals surface area contributed by atoms with Gasteiger partial charge in [-0.25, -0.2) is 0 Å². The highest BCUT2D eigenvalue weighted by atomic mass is 35.5. The van der Waals surface area contributed by atoms with Crippen LogP contribution in [0.15, 0.2) is 5.16 Å². The molecular weight excluding hydrogens is 162 g/mol. The SMILES string of the molecule is CCCC1=NOC(C(C)Cl)C1. The molecule has 0 aromatic carbocycles. The Balaban J connectivity index is 2.31. The van der Waals surface area contributed by atoms with Gasteiger partial charge in [-0.05, 0) is 13.3 Å². The van der Waals surface area contributed by atoms with Crippen LogP contribution in [0.4, 0.5) is 0 Å². The van der Waals surface area contributed by atoms with Crippen LogP contribution in [0.5, 0.6) is 0 Å². The van der Waals surface area contributed by atoms with Crippen LogP contribution in [-0.4, -0.2) is 17.2 Å². The molecule has 0 radical (unpaired) electrons. The quantitative estimate of drug-likeness (QED) is 0.605. The summed E-state index contributed by atoms with van der Waals surface area (Å²) in [6.07, 6.45) is 3.20. The van der Waals surface area contributed by atoms with Gasteiger partial charge in [-0.3, -0.25) is 0 Å². The summed E-state index contributed by atoms with van der Waals surface area (Å²) < 4.78 is 0. The molecule has 1 aliphatic heterocycles. The van der Waals surface area contributed by atoms with E-state index in [4.69, 9.17) is 16.4 Å². The van der Waals surface area contributed by atoms with Gasteiger partial charge in [0.05, 0.1) is 11.1 Å². The maximum absolute atomic E-state index is 5.85. The van der Waals surface area contributed by atoms with Crippen molar-refractivity contribution in [1.82, 2.24) is 0 Å². The van der Waals surface area contributed by atoms with Gasteiger partial charge in [0.1, 0.15) is 6.10 Å². The van der Waals surface area contributed by atoms with Crippen LogP contribution < -0.4 is 0 Å². The van der Waals surface area contributed by atoms with Crippen LogP contribution in [0.25, 0.3) is 0 Å². The lowest BCUT2D eigenvalue weighted by molar-refractivity contribution is 0.0854. The monoisotopic (exact) mass is 175 g/mol. The fourth-order valence-corrected chi connectivity index (χ4v) is 1.27. The Morgan fingerprint density at radius 1 is 1.82 bits per heavy atom. The van der Waals surface area contributed by atoms with Gasteiger partial charge < -0.3 is 4.84 Å². The number of hydrogen-bond donors (Lipinski definition) is 0. The van der Waals surface area contributed by atoms with Crippen molar-refractivity contribution >= 4 is 17.3 Å². The van der Waals surface area contributed by atoms with Crippen LogP contribution in [0, 0.1) is 0 Å². The summed E-state index contributed by atoms with van der Waals surface area (Å²) in [7, 11) is 0. The summed E-state index contributed by atoms with van der Waals surface area (Å²) in [5, 5.41) is 4.02. The predicted molar refractivity (Wildman–Crippen MR) is 47.1 cm³/mol. The van der Waals surface area contributed by atoms with E-state index in [9.17, 15) is 0 Å². The molecule has 1 aliphatic rings. The molecule has 2 atom stereocenters. The van der Waals surface area contributed by atoms with Crippen molar-refractivity contribution in [3.8, 4) is 0 Å². The highest BCUT2D eigenvalue weighted by Gasteiger charge is 2.24. The normalized spacial score (nSPS) is 26.1. The zero-order valence-electron chi connectivity index (χ0n) is 7.01. The standard InChI is InChI=1S/C8H14ClNO/c1-3-4-7-5-8(6(2)9)11-10-7/h6,8H,3-5H2,1-2H3. The molecule has 11 heavy (non-hydrogen) atoms. The van der Waals surface area contributed by atoms with E-state index in [1.807, 2.05) is 6.92 Å². The van der Waals surface area contributed by atoms with Gasteiger partial charge in [-0.15, -0.1) is 11.6 Å². The molecule has 0 amide bonds. The van der Waals surface area contributed by atoms with Gasteiger partial charge in [0.15, 0.2) is 0 Å². The maximum atomic E-state index is 5.85. The lowest BCUT2D eigenvalue weighted by Crippen LogP contribution is -2.17. The molecule has 64 valence electrons. The summed E-state index contributed by atoms with van der Waals surface area (Å²) in [5.41, 5.74) is 1.16. The van der Waals surface area contributed by atoms with E-state index in [2.05, 4.69) is 12.1 Å². The van der Waals surface area contributed by atoms with Crippen molar-refractivity contribution in [2.45, 2.75) is 44.6 Å². The summed E-state index contributed by atoms with van der Waals surface area (Å²) in [6.45, 7) is 4.08. The van der Waals surface area contributed by atoms with E-state index in [-0.39, 0.29) is 11.5 Å². The summed E-state index contributed by atoms with van der Waals surface area (Å²) in [6, 6.07) is 0. The molecule has 0 N–H and O–H groups in total. The molecule has 0 bridgehead atoms. The Kier molecular flexibility index (Phi) is 3.18. The first kappa shape index (κ1) is 8.85. The Bertz CT molecular complexity index is 156. The first-order valence-electron chi connectivity index (χ1n) is 4.09. The van der Waals surface area contributed by atoms with Gasteiger partial charge in [-0.2, -0.15) is 0 Å². The molecule has 3 heteroatoms. The highest BCUT2D eigenvalue weighted by molar-refractivity contribution is 6.21. The van der Waals surface area contributed by atoms with E-state index in [1.54, 1.807) is 0 Å². The average Bonchev–Trinajstić information content (AvgIpc) is 2.37. The maximum Gasteiger partial charge on any atom is 0.148 e. The second-order valence-corrected chi connectivity index (χ2v) is 3.62. The molecule has 0 saturated carbocycles. The highest BCUT2D eigenvalue weighted by Crippen LogP contribution is 2.19. The third-order valence-electron chi connectivity index (χ3n) is 1.80. The van der Waals surface area contributed by atoms with Crippen molar-refractivity contribution in [3.63, 3.8) is 0 Å². The molecule has 0 aromatic heterocycles. The average molecular weight is 176 g/mol. The fraction of sp³-hybridized carbons (Fsp3) is 0.875. The fourth-order valence-electron chi connectivity index (χ4n) is 1.13. The molecule has 2 unspecified atom stereocenters. The molecule has 0 aromatic rings. The third-order valence-corrected chi connectivity index (χ3v) is 2.09. The van der Waals surface area contributed by atoms with Crippen LogP contribution in [0.1, 0.15) is 33.1 Å². The number of alkyl halides is 1. The Morgan fingerprint density at radius 3 is 3.00 bits per heavy atom. The minimum atomic E-state index is 0.0631. The van der Waals surface area contributed by atoms with Crippen LogP contribution >= 0.6 is 11.6 Å². The molecule has 0 saturated heterocycles. The van der Waals surface area contributed by atoms with E-state index in [1.165, 1.54) is 0 Å². The summed E-state index contributed by atoms with van der Waals surface area (Å²) in [4.78, 5) is 5.14. The Labute approximate surface area is 72.6 Å². The Hall–Kier alpha value is -0.240. The van der Waals surface area contributed by atoms with Gasteiger partial charge in [-0.1, -0.05) is 18.5 Å². The first-order chi connectivity index (χ1) is 5.24. The van der Waals surface area contributed by atoms with E-state index in [0.717, 1.165) is 25.0 Å². The largest absolute Gasteiger partial charge is 0.391 e. The molecule has 0 fully saturated rings. The third kappa shape index (κ3) is 2.37. The van der Waals surface area contributed by atoms with Crippen molar-refractivity contribution in [2.24, 2.45) is 5.16 Å². The van der Waals surface area contributed by atoms with Gasteiger partial charge >= 0.3 is 0 Å². The van der Waals surface area contributed by atoms with Crippen LogP contribution in [-0.2, 0) is 4.84 Å². The number of hydrogen-bond acceptors (Lipinski definition) is 2. The van der Waals surface area contributed by atoms with Crippen LogP contribution in [0.3, 0.4) is 0 Å². The minimum Gasteiger partial charge on any atom is -0.391 e. The van der Waals surface area contributed by atoms with Crippen LogP contribution in [0.2, 0.25) is 0 Å². The zero-order valence-corrected chi connectivity index (χ0v) is 7.77. The molecule has 1 heterocycles. The van der Waals surface area contributed by atoms with Gasteiger partial charge in [0.2, 0.25) is 0 Å². The number of nitrogens with zero attached hydrogens (tertiary/aromatic N) is 1. The molecule has 0 spiro atoms. The first-order valence-corrected chi connectivity index (χ1v) is 4.53. The lowest BCUT2D eigenvalue weighted by Gasteiger charge is -2.08. The van der Waals surface area contributed by atoms with Crippen molar-refractivity contribution in [3.05, 3.63) is 0 Å². The van der Waals surface area contributed by atoms with Crippen molar-refractivity contribution in [2.75, 3.05) is 0 Å². The number of oxime groups is 1. The summed E-state index contributed by atoms with van der Waals surface area (Å²) in [5.74, 6) is 0. The zero-order chi connectivity index (χ0) is 8.27. The lowest BCUT2D eigenvalue weighted by atomic mass is 10.1.